The maximum atomic E-state index is 3.52. The lowest BCUT2D eigenvalue weighted by atomic mass is 10.1. The second-order valence-electron chi connectivity index (χ2n) is 4.29. The molecule has 1 atom stereocenters. The zero-order valence-electron chi connectivity index (χ0n) is 9.41. The van der Waals surface area contributed by atoms with Gasteiger partial charge in [0.2, 0.25) is 0 Å². The molecular formula is C12H20N2S. The van der Waals surface area contributed by atoms with Crippen molar-refractivity contribution in [2.24, 2.45) is 5.92 Å². The van der Waals surface area contributed by atoms with Gasteiger partial charge in [-0.05, 0) is 43.3 Å². The van der Waals surface area contributed by atoms with Crippen LogP contribution in [0.15, 0.2) is 16.8 Å². The standard InChI is InChI=1S/C12H20N2S/c1-2-5-13-8-11-3-6-14(9-11)12-4-7-15-10-12/h4,7,10-11,13H,2-3,5-6,8-9H2,1H3. The van der Waals surface area contributed by atoms with Crippen LogP contribution in [-0.2, 0) is 0 Å². The molecule has 0 aromatic carbocycles. The molecule has 0 saturated carbocycles. The van der Waals surface area contributed by atoms with Crippen LogP contribution in [0.25, 0.3) is 0 Å². The third-order valence-electron chi connectivity index (χ3n) is 3.02. The van der Waals surface area contributed by atoms with Crippen LogP contribution in [0.3, 0.4) is 0 Å². The van der Waals surface area contributed by atoms with Crippen LogP contribution in [0, 0.1) is 5.92 Å². The van der Waals surface area contributed by atoms with Crippen molar-refractivity contribution < 1.29 is 0 Å². The van der Waals surface area contributed by atoms with Gasteiger partial charge in [0.25, 0.3) is 0 Å². The third kappa shape index (κ3) is 2.95. The van der Waals surface area contributed by atoms with Gasteiger partial charge in [0, 0.05) is 24.2 Å². The highest BCUT2D eigenvalue weighted by Gasteiger charge is 2.22. The smallest absolute Gasteiger partial charge is 0.0474 e. The van der Waals surface area contributed by atoms with E-state index in [9.17, 15) is 0 Å². The van der Waals surface area contributed by atoms with Gasteiger partial charge < -0.3 is 10.2 Å². The fourth-order valence-electron chi connectivity index (χ4n) is 2.15. The van der Waals surface area contributed by atoms with Gasteiger partial charge in [0.1, 0.15) is 0 Å². The van der Waals surface area contributed by atoms with Crippen LogP contribution in [-0.4, -0.2) is 26.2 Å². The lowest BCUT2D eigenvalue weighted by Crippen LogP contribution is -2.26. The molecule has 1 N–H and O–H groups in total. The summed E-state index contributed by atoms with van der Waals surface area (Å²) in [6, 6.07) is 2.23. The first-order chi connectivity index (χ1) is 7.40. The van der Waals surface area contributed by atoms with Crippen molar-refractivity contribution in [1.82, 2.24) is 5.32 Å². The Morgan fingerprint density at radius 3 is 3.27 bits per heavy atom. The molecule has 1 aromatic rings. The first-order valence-corrected chi connectivity index (χ1v) is 6.82. The van der Waals surface area contributed by atoms with Gasteiger partial charge in [-0.25, -0.2) is 0 Å². The predicted octanol–water partition coefficient (Wildman–Crippen LogP) is 2.57. The topological polar surface area (TPSA) is 15.3 Å². The average molecular weight is 224 g/mol. The highest BCUT2D eigenvalue weighted by atomic mass is 32.1. The summed E-state index contributed by atoms with van der Waals surface area (Å²) in [6.07, 6.45) is 2.58. The minimum Gasteiger partial charge on any atom is -0.371 e. The lowest BCUT2D eigenvalue weighted by Gasteiger charge is -2.16. The van der Waals surface area contributed by atoms with Crippen LogP contribution in [0.2, 0.25) is 0 Å². The molecule has 2 rings (SSSR count). The third-order valence-corrected chi connectivity index (χ3v) is 3.69. The van der Waals surface area contributed by atoms with Crippen molar-refractivity contribution in [3.8, 4) is 0 Å². The van der Waals surface area contributed by atoms with E-state index in [1.54, 1.807) is 11.3 Å². The summed E-state index contributed by atoms with van der Waals surface area (Å²) in [4.78, 5) is 2.51. The summed E-state index contributed by atoms with van der Waals surface area (Å²) in [5.41, 5.74) is 1.41. The minimum absolute atomic E-state index is 0.844. The number of hydrogen-bond donors (Lipinski definition) is 1. The number of nitrogens with one attached hydrogen (secondary N) is 1. The van der Waals surface area contributed by atoms with E-state index in [2.05, 4.69) is 34.0 Å². The molecule has 1 fully saturated rings. The molecule has 0 spiro atoms. The van der Waals surface area contributed by atoms with Gasteiger partial charge in [0.15, 0.2) is 0 Å². The Hall–Kier alpha value is -0.540. The number of rotatable bonds is 5. The molecule has 0 aliphatic carbocycles. The Balaban J connectivity index is 1.75. The Bertz CT molecular complexity index is 271. The average Bonchev–Trinajstić information content (AvgIpc) is 2.87. The van der Waals surface area contributed by atoms with Gasteiger partial charge in [-0.2, -0.15) is 11.3 Å². The summed E-state index contributed by atoms with van der Waals surface area (Å²) in [6.45, 7) is 7.03. The monoisotopic (exact) mass is 224 g/mol. The van der Waals surface area contributed by atoms with E-state index in [4.69, 9.17) is 0 Å². The van der Waals surface area contributed by atoms with E-state index in [0.29, 0.717) is 0 Å². The normalized spacial score (nSPS) is 21.1. The van der Waals surface area contributed by atoms with E-state index in [0.717, 1.165) is 12.5 Å². The Morgan fingerprint density at radius 2 is 2.53 bits per heavy atom. The summed E-state index contributed by atoms with van der Waals surface area (Å²) < 4.78 is 0. The van der Waals surface area contributed by atoms with Gasteiger partial charge in [0.05, 0.1) is 0 Å². The van der Waals surface area contributed by atoms with Gasteiger partial charge in [-0.15, -0.1) is 0 Å². The molecule has 1 aliphatic heterocycles. The molecule has 84 valence electrons. The van der Waals surface area contributed by atoms with E-state index in [1.165, 1.54) is 38.2 Å². The van der Waals surface area contributed by atoms with Crippen LogP contribution >= 0.6 is 11.3 Å². The van der Waals surface area contributed by atoms with E-state index in [1.807, 2.05) is 0 Å². The largest absolute Gasteiger partial charge is 0.371 e. The Morgan fingerprint density at radius 1 is 1.60 bits per heavy atom. The summed E-state index contributed by atoms with van der Waals surface area (Å²) in [5.74, 6) is 0.844. The van der Waals surface area contributed by atoms with Crippen LogP contribution < -0.4 is 10.2 Å². The quantitative estimate of drug-likeness (QED) is 0.773. The highest BCUT2D eigenvalue weighted by Crippen LogP contribution is 2.25. The molecule has 2 heterocycles. The summed E-state index contributed by atoms with van der Waals surface area (Å²) >= 11 is 1.79. The Labute approximate surface area is 96.3 Å². The number of nitrogens with zero attached hydrogens (tertiary/aromatic N) is 1. The first kappa shape index (κ1) is 11.0. The zero-order chi connectivity index (χ0) is 10.5. The molecule has 1 aliphatic rings. The van der Waals surface area contributed by atoms with E-state index in [-0.39, 0.29) is 0 Å². The van der Waals surface area contributed by atoms with Crippen molar-refractivity contribution in [3.05, 3.63) is 16.8 Å². The maximum Gasteiger partial charge on any atom is 0.0474 e. The van der Waals surface area contributed by atoms with E-state index >= 15 is 0 Å². The maximum absolute atomic E-state index is 3.52. The number of thiophene rings is 1. The molecule has 1 saturated heterocycles. The van der Waals surface area contributed by atoms with Gasteiger partial charge in [-0.3, -0.25) is 0 Å². The zero-order valence-corrected chi connectivity index (χ0v) is 10.2. The molecule has 1 unspecified atom stereocenters. The van der Waals surface area contributed by atoms with Crippen molar-refractivity contribution in [3.63, 3.8) is 0 Å². The first-order valence-electron chi connectivity index (χ1n) is 5.88. The fraction of sp³-hybridized carbons (Fsp3) is 0.667. The van der Waals surface area contributed by atoms with Crippen molar-refractivity contribution in [2.75, 3.05) is 31.1 Å². The molecule has 15 heavy (non-hydrogen) atoms. The number of hydrogen-bond acceptors (Lipinski definition) is 3. The van der Waals surface area contributed by atoms with Crippen molar-refractivity contribution in [1.29, 1.82) is 0 Å². The summed E-state index contributed by atoms with van der Waals surface area (Å²) in [7, 11) is 0. The van der Waals surface area contributed by atoms with Crippen LogP contribution in [0.1, 0.15) is 19.8 Å². The SMILES string of the molecule is CCCNCC1CCN(c2ccsc2)C1. The fourth-order valence-corrected chi connectivity index (χ4v) is 2.82. The molecule has 1 aromatic heterocycles. The van der Waals surface area contributed by atoms with Crippen LogP contribution in [0.5, 0.6) is 0 Å². The molecular weight excluding hydrogens is 204 g/mol. The number of anilines is 1. The van der Waals surface area contributed by atoms with Crippen molar-refractivity contribution >= 4 is 17.0 Å². The molecule has 0 amide bonds. The highest BCUT2D eigenvalue weighted by molar-refractivity contribution is 7.08. The van der Waals surface area contributed by atoms with E-state index < -0.39 is 0 Å². The van der Waals surface area contributed by atoms with Gasteiger partial charge >= 0.3 is 0 Å². The molecule has 0 radical (unpaired) electrons. The Kier molecular flexibility index (Phi) is 4.03. The predicted molar refractivity (Wildman–Crippen MR) is 67.8 cm³/mol. The molecule has 2 nitrogen and oxygen atoms in total. The second kappa shape index (κ2) is 5.52. The second-order valence-corrected chi connectivity index (χ2v) is 5.07. The van der Waals surface area contributed by atoms with Gasteiger partial charge in [-0.1, -0.05) is 6.92 Å². The molecule has 3 heteroatoms. The van der Waals surface area contributed by atoms with Crippen LogP contribution in [0.4, 0.5) is 5.69 Å². The lowest BCUT2D eigenvalue weighted by molar-refractivity contribution is 0.516. The van der Waals surface area contributed by atoms with Crippen molar-refractivity contribution in [2.45, 2.75) is 19.8 Å². The molecule has 0 bridgehead atoms. The summed E-state index contributed by atoms with van der Waals surface area (Å²) in [5, 5.41) is 7.94. The minimum atomic E-state index is 0.844.